The number of imide groups is 1. The second-order valence-corrected chi connectivity index (χ2v) is 7.49. The summed E-state index contributed by atoms with van der Waals surface area (Å²) in [6, 6.07) is 17.0. The van der Waals surface area contributed by atoms with E-state index >= 15 is 0 Å². The molecule has 1 spiro atoms. The standard InChI is InChI=1S/C23H23N3O4/c27-20(26-14-12-23(13-15-26)21(28)24-22(29)25-23)11-8-17-6-9-19(10-7-17)30-16-18-4-2-1-3-5-18/h1-11H,12-16H2,(H2,24,25,28,29)/b11-8+. The van der Waals surface area contributed by atoms with E-state index in [9.17, 15) is 14.4 Å². The largest absolute Gasteiger partial charge is 0.489 e. The normalized spacial score (nSPS) is 17.8. The molecule has 2 aromatic rings. The minimum absolute atomic E-state index is 0.112. The second-order valence-electron chi connectivity index (χ2n) is 7.49. The molecule has 154 valence electrons. The Morgan fingerprint density at radius 2 is 1.73 bits per heavy atom. The third-order valence-corrected chi connectivity index (χ3v) is 5.49. The van der Waals surface area contributed by atoms with Crippen LogP contribution < -0.4 is 15.4 Å². The Hall–Kier alpha value is -3.61. The summed E-state index contributed by atoms with van der Waals surface area (Å²) in [5.74, 6) is 0.351. The summed E-state index contributed by atoms with van der Waals surface area (Å²) < 4.78 is 5.77. The maximum absolute atomic E-state index is 12.5. The molecule has 2 heterocycles. The molecule has 7 nitrogen and oxygen atoms in total. The highest BCUT2D eigenvalue weighted by Crippen LogP contribution is 2.25. The quantitative estimate of drug-likeness (QED) is 0.591. The number of nitrogens with one attached hydrogen (secondary N) is 2. The Bertz CT molecular complexity index is 962. The van der Waals surface area contributed by atoms with Crippen molar-refractivity contribution < 1.29 is 19.1 Å². The lowest BCUT2D eigenvalue weighted by atomic mass is 9.87. The van der Waals surface area contributed by atoms with Crippen molar-refractivity contribution >= 4 is 23.9 Å². The summed E-state index contributed by atoms with van der Waals surface area (Å²) in [5, 5.41) is 4.97. The van der Waals surface area contributed by atoms with E-state index in [1.54, 1.807) is 11.0 Å². The molecular formula is C23H23N3O4. The van der Waals surface area contributed by atoms with Crippen molar-refractivity contribution in [1.82, 2.24) is 15.5 Å². The van der Waals surface area contributed by atoms with Crippen molar-refractivity contribution in [3.63, 3.8) is 0 Å². The van der Waals surface area contributed by atoms with E-state index in [-0.39, 0.29) is 11.8 Å². The molecule has 2 aromatic carbocycles. The van der Waals surface area contributed by atoms with Crippen molar-refractivity contribution in [3.8, 4) is 5.75 Å². The van der Waals surface area contributed by atoms with Gasteiger partial charge in [0.2, 0.25) is 5.91 Å². The Labute approximate surface area is 174 Å². The molecule has 0 bridgehead atoms. The van der Waals surface area contributed by atoms with E-state index in [1.165, 1.54) is 6.08 Å². The summed E-state index contributed by atoms with van der Waals surface area (Å²) in [5.41, 5.74) is 1.13. The lowest BCUT2D eigenvalue weighted by molar-refractivity contribution is -0.132. The summed E-state index contributed by atoms with van der Waals surface area (Å²) in [6.45, 7) is 1.34. The van der Waals surface area contributed by atoms with Gasteiger partial charge in [0.05, 0.1) is 0 Å². The monoisotopic (exact) mass is 405 g/mol. The highest BCUT2D eigenvalue weighted by Gasteiger charge is 2.48. The van der Waals surface area contributed by atoms with E-state index in [1.807, 2.05) is 54.6 Å². The Balaban J connectivity index is 1.28. The van der Waals surface area contributed by atoms with Crippen molar-refractivity contribution in [3.05, 3.63) is 71.8 Å². The molecule has 4 amide bonds. The molecule has 2 aliphatic rings. The number of likely N-dealkylation sites (tertiary alicyclic amines) is 1. The lowest BCUT2D eigenvalue weighted by Crippen LogP contribution is -2.55. The van der Waals surface area contributed by atoms with Crippen LogP contribution in [0.5, 0.6) is 5.75 Å². The molecule has 2 fully saturated rings. The third kappa shape index (κ3) is 4.35. The molecule has 0 saturated carbocycles. The maximum atomic E-state index is 12.5. The van der Waals surface area contributed by atoms with E-state index in [0.29, 0.717) is 32.5 Å². The van der Waals surface area contributed by atoms with Crippen LogP contribution in [0.25, 0.3) is 6.08 Å². The van der Waals surface area contributed by atoms with Gasteiger partial charge in [-0.05, 0) is 42.2 Å². The summed E-state index contributed by atoms with van der Waals surface area (Å²) in [6.07, 6.45) is 4.12. The van der Waals surface area contributed by atoms with Crippen LogP contribution in [0.4, 0.5) is 4.79 Å². The zero-order valence-electron chi connectivity index (χ0n) is 16.5. The molecule has 7 heteroatoms. The number of carbonyl (C=O) groups excluding carboxylic acids is 3. The Kier molecular flexibility index (Phi) is 5.52. The minimum Gasteiger partial charge on any atom is -0.489 e. The number of piperidine rings is 1. The number of ether oxygens (including phenoxy) is 1. The van der Waals surface area contributed by atoms with Crippen LogP contribution in [0.1, 0.15) is 24.0 Å². The summed E-state index contributed by atoms with van der Waals surface area (Å²) in [4.78, 5) is 37.5. The minimum atomic E-state index is -0.868. The SMILES string of the molecule is O=C1NC(=O)C2(CCN(C(=O)/C=C/c3ccc(OCc4ccccc4)cc3)CC2)N1. The van der Waals surface area contributed by atoms with Gasteiger partial charge in [-0.1, -0.05) is 42.5 Å². The van der Waals surface area contributed by atoms with Crippen LogP contribution in [0.15, 0.2) is 60.7 Å². The number of hydrogen-bond donors (Lipinski definition) is 2. The molecule has 0 aromatic heterocycles. The van der Waals surface area contributed by atoms with Crippen molar-refractivity contribution in [1.29, 1.82) is 0 Å². The second kappa shape index (κ2) is 8.41. The van der Waals surface area contributed by atoms with Gasteiger partial charge in [0, 0.05) is 19.2 Å². The molecule has 0 unspecified atom stereocenters. The van der Waals surface area contributed by atoms with E-state index in [2.05, 4.69) is 10.6 Å². The fourth-order valence-electron chi connectivity index (χ4n) is 3.68. The van der Waals surface area contributed by atoms with Crippen LogP contribution >= 0.6 is 0 Å². The summed E-state index contributed by atoms with van der Waals surface area (Å²) in [7, 11) is 0. The third-order valence-electron chi connectivity index (χ3n) is 5.49. The molecule has 0 aliphatic carbocycles. The fraction of sp³-hybridized carbons (Fsp3) is 0.261. The summed E-state index contributed by atoms with van der Waals surface area (Å²) >= 11 is 0. The average molecular weight is 405 g/mol. The number of urea groups is 1. The van der Waals surface area contributed by atoms with Gasteiger partial charge >= 0.3 is 6.03 Å². The van der Waals surface area contributed by atoms with Gasteiger partial charge in [-0.2, -0.15) is 0 Å². The van der Waals surface area contributed by atoms with Gasteiger partial charge in [0.25, 0.3) is 5.91 Å². The first kappa shape index (κ1) is 19.7. The van der Waals surface area contributed by atoms with Crippen LogP contribution in [-0.4, -0.2) is 41.4 Å². The zero-order valence-corrected chi connectivity index (χ0v) is 16.5. The maximum Gasteiger partial charge on any atom is 0.322 e. The molecule has 0 radical (unpaired) electrons. The van der Waals surface area contributed by atoms with Crippen LogP contribution in [0.2, 0.25) is 0 Å². The van der Waals surface area contributed by atoms with Gasteiger partial charge < -0.3 is 15.0 Å². The van der Waals surface area contributed by atoms with Gasteiger partial charge in [0.15, 0.2) is 0 Å². The molecule has 2 N–H and O–H groups in total. The number of rotatable bonds is 5. The molecule has 2 saturated heterocycles. The van der Waals surface area contributed by atoms with Gasteiger partial charge in [-0.3, -0.25) is 14.9 Å². The molecular weight excluding hydrogens is 382 g/mol. The topological polar surface area (TPSA) is 87.7 Å². The van der Waals surface area contributed by atoms with Gasteiger partial charge in [0.1, 0.15) is 17.9 Å². The first-order chi connectivity index (χ1) is 14.5. The zero-order chi connectivity index (χ0) is 21.0. The van der Waals surface area contributed by atoms with Crippen LogP contribution in [0, 0.1) is 0 Å². The number of nitrogens with zero attached hydrogens (tertiary/aromatic N) is 1. The molecule has 30 heavy (non-hydrogen) atoms. The van der Waals surface area contributed by atoms with E-state index in [0.717, 1.165) is 16.9 Å². The van der Waals surface area contributed by atoms with Crippen LogP contribution in [0.3, 0.4) is 0 Å². The number of amides is 4. The fourth-order valence-corrected chi connectivity index (χ4v) is 3.68. The van der Waals surface area contributed by atoms with Crippen molar-refractivity contribution in [2.24, 2.45) is 0 Å². The number of carbonyl (C=O) groups is 3. The van der Waals surface area contributed by atoms with Crippen molar-refractivity contribution in [2.45, 2.75) is 25.0 Å². The Morgan fingerprint density at radius 3 is 2.37 bits per heavy atom. The smallest absolute Gasteiger partial charge is 0.322 e. The Morgan fingerprint density at radius 1 is 1.03 bits per heavy atom. The number of hydrogen-bond acceptors (Lipinski definition) is 4. The first-order valence-electron chi connectivity index (χ1n) is 9.91. The highest BCUT2D eigenvalue weighted by molar-refractivity contribution is 6.07. The van der Waals surface area contributed by atoms with E-state index < -0.39 is 11.6 Å². The average Bonchev–Trinajstić information content (AvgIpc) is 3.04. The lowest BCUT2D eigenvalue weighted by Gasteiger charge is -2.36. The molecule has 0 atom stereocenters. The van der Waals surface area contributed by atoms with E-state index in [4.69, 9.17) is 4.74 Å². The predicted molar refractivity (Wildman–Crippen MR) is 111 cm³/mol. The van der Waals surface area contributed by atoms with Gasteiger partial charge in [-0.25, -0.2) is 4.79 Å². The highest BCUT2D eigenvalue weighted by atomic mass is 16.5. The predicted octanol–water partition coefficient (Wildman–Crippen LogP) is 2.48. The van der Waals surface area contributed by atoms with Crippen molar-refractivity contribution in [2.75, 3.05) is 13.1 Å². The van der Waals surface area contributed by atoms with Crippen LogP contribution in [-0.2, 0) is 16.2 Å². The molecule has 4 rings (SSSR count). The number of benzene rings is 2. The molecule has 2 aliphatic heterocycles. The van der Waals surface area contributed by atoms with Gasteiger partial charge in [-0.15, -0.1) is 0 Å². The first-order valence-corrected chi connectivity index (χ1v) is 9.91.